The van der Waals surface area contributed by atoms with Crippen LogP contribution in [0.3, 0.4) is 0 Å². The summed E-state index contributed by atoms with van der Waals surface area (Å²) in [6.45, 7) is 0. The van der Waals surface area contributed by atoms with Gasteiger partial charge in [0.25, 0.3) is 5.69 Å². The average Bonchev–Trinajstić information content (AvgIpc) is 2.52. The molecule has 5 heteroatoms. The highest BCUT2D eigenvalue weighted by molar-refractivity contribution is 5.72. The molecule has 0 unspecified atom stereocenters. The summed E-state index contributed by atoms with van der Waals surface area (Å²) >= 11 is 0. The van der Waals surface area contributed by atoms with Gasteiger partial charge < -0.3 is 4.90 Å². The SMILES string of the molecule is CN(C)c1ccc(/C=C/c2ccc([N+](=O)[O-])c(C#N)c2)cc1. The molecule has 0 atom stereocenters. The van der Waals surface area contributed by atoms with Crippen LogP contribution in [0.1, 0.15) is 16.7 Å². The molecule has 0 amide bonds. The Morgan fingerprint density at radius 3 is 2.23 bits per heavy atom. The van der Waals surface area contributed by atoms with Gasteiger partial charge in [-0.1, -0.05) is 24.3 Å². The number of nitro groups is 1. The number of nitrogens with zero attached hydrogens (tertiary/aromatic N) is 3. The van der Waals surface area contributed by atoms with Crippen LogP contribution in [-0.4, -0.2) is 19.0 Å². The number of benzene rings is 2. The fourth-order valence-corrected chi connectivity index (χ4v) is 1.98. The summed E-state index contributed by atoms with van der Waals surface area (Å²) in [4.78, 5) is 12.3. The average molecular weight is 293 g/mol. The Labute approximate surface area is 128 Å². The first-order valence-corrected chi connectivity index (χ1v) is 6.65. The van der Waals surface area contributed by atoms with Crippen molar-refractivity contribution in [3.63, 3.8) is 0 Å². The quantitative estimate of drug-likeness (QED) is 0.489. The van der Waals surface area contributed by atoms with Gasteiger partial charge in [-0.2, -0.15) is 5.26 Å². The molecule has 0 aliphatic rings. The van der Waals surface area contributed by atoms with E-state index < -0.39 is 4.92 Å². The first kappa shape index (κ1) is 15.3. The summed E-state index contributed by atoms with van der Waals surface area (Å²) in [6.07, 6.45) is 3.73. The molecule has 0 N–H and O–H groups in total. The molecule has 0 aliphatic heterocycles. The highest BCUT2D eigenvalue weighted by atomic mass is 16.6. The summed E-state index contributed by atoms with van der Waals surface area (Å²) in [6, 6.07) is 14.4. The maximum atomic E-state index is 10.8. The van der Waals surface area contributed by atoms with Gasteiger partial charge >= 0.3 is 0 Å². The Balaban J connectivity index is 2.23. The van der Waals surface area contributed by atoms with Crippen LogP contribution >= 0.6 is 0 Å². The number of hydrogen-bond donors (Lipinski definition) is 0. The van der Waals surface area contributed by atoms with Gasteiger partial charge in [0.15, 0.2) is 0 Å². The van der Waals surface area contributed by atoms with E-state index in [4.69, 9.17) is 5.26 Å². The first-order valence-electron chi connectivity index (χ1n) is 6.65. The second kappa shape index (κ2) is 6.55. The van der Waals surface area contributed by atoms with Gasteiger partial charge in [0.05, 0.1) is 4.92 Å². The maximum Gasteiger partial charge on any atom is 0.287 e. The predicted octanol–water partition coefficient (Wildman–Crippen LogP) is 3.70. The summed E-state index contributed by atoms with van der Waals surface area (Å²) in [7, 11) is 3.95. The van der Waals surface area contributed by atoms with E-state index in [-0.39, 0.29) is 11.3 Å². The van der Waals surface area contributed by atoms with Crippen molar-refractivity contribution in [3.8, 4) is 6.07 Å². The minimum Gasteiger partial charge on any atom is -0.378 e. The molecule has 0 bridgehead atoms. The number of nitro benzene ring substituents is 1. The van der Waals surface area contributed by atoms with E-state index in [2.05, 4.69) is 0 Å². The van der Waals surface area contributed by atoms with Gasteiger partial charge in [-0.05, 0) is 35.4 Å². The molecule has 0 heterocycles. The van der Waals surface area contributed by atoms with Gasteiger partial charge in [0, 0.05) is 25.8 Å². The van der Waals surface area contributed by atoms with Crippen LogP contribution in [0.4, 0.5) is 11.4 Å². The molecular formula is C17H15N3O2. The van der Waals surface area contributed by atoms with Crippen LogP contribution in [-0.2, 0) is 0 Å². The Kier molecular flexibility index (Phi) is 4.54. The molecular weight excluding hydrogens is 278 g/mol. The Morgan fingerprint density at radius 2 is 1.68 bits per heavy atom. The van der Waals surface area contributed by atoms with Crippen molar-refractivity contribution in [2.75, 3.05) is 19.0 Å². The second-order valence-corrected chi connectivity index (χ2v) is 4.96. The molecule has 110 valence electrons. The molecule has 2 aromatic rings. The molecule has 0 fully saturated rings. The van der Waals surface area contributed by atoms with Crippen molar-refractivity contribution in [1.29, 1.82) is 5.26 Å². The predicted molar refractivity (Wildman–Crippen MR) is 87.5 cm³/mol. The molecule has 0 aliphatic carbocycles. The maximum absolute atomic E-state index is 10.8. The third-order valence-electron chi connectivity index (χ3n) is 3.22. The lowest BCUT2D eigenvalue weighted by molar-refractivity contribution is -0.385. The molecule has 2 rings (SSSR count). The van der Waals surface area contributed by atoms with E-state index in [1.54, 1.807) is 6.07 Å². The van der Waals surface area contributed by atoms with Crippen LogP contribution in [0.25, 0.3) is 12.2 Å². The van der Waals surface area contributed by atoms with Gasteiger partial charge in [-0.25, -0.2) is 0 Å². The molecule has 0 saturated carbocycles. The van der Waals surface area contributed by atoms with Gasteiger partial charge in [-0.15, -0.1) is 0 Å². The lowest BCUT2D eigenvalue weighted by Crippen LogP contribution is -2.07. The fraction of sp³-hybridized carbons (Fsp3) is 0.118. The van der Waals surface area contributed by atoms with Gasteiger partial charge in [-0.3, -0.25) is 10.1 Å². The van der Waals surface area contributed by atoms with Crippen molar-refractivity contribution < 1.29 is 4.92 Å². The molecule has 0 aromatic heterocycles. The minimum atomic E-state index is -0.550. The van der Waals surface area contributed by atoms with E-state index in [1.165, 1.54) is 12.1 Å². The normalized spacial score (nSPS) is 10.4. The molecule has 2 aromatic carbocycles. The monoisotopic (exact) mass is 293 g/mol. The zero-order valence-electron chi connectivity index (χ0n) is 12.4. The highest BCUT2D eigenvalue weighted by Crippen LogP contribution is 2.21. The Morgan fingerprint density at radius 1 is 1.09 bits per heavy atom. The van der Waals surface area contributed by atoms with E-state index in [9.17, 15) is 10.1 Å². The summed E-state index contributed by atoms with van der Waals surface area (Å²) in [5, 5.41) is 19.8. The van der Waals surface area contributed by atoms with Crippen molar-refractivity contribution in [3.05, 3.63) is 69.3 Å². The molecule has 22 heavy (non-hydrogen) atoms. The van der Waals surface area contributed by atoms with E-state index in [1.807, 2.05) is 61.5 Å². The number of rotatable bonds is 4. The van der Waals surface area contributed by atoms with Crippen LogP contribution in [0.5, 0.6) is 0 Å². The smallest absolute Gasteiger partial charge is 0.287 e. The van der Waals surface area contributed by atoms with Crippen molar-refractivity contribution in [1.82, 2.24) is 0 Å². The molecule has 5 nitrogen and oxygen atoms in total. The van der Waals surface area contributed by atoms with E-state index in [0.29, 0.717) is 0 Å². The van der Waals surface area contributed by atoms with Crippen molar-refractivity contribution in [2.45, 2.75) is 0 Å². The Bertz CT molecular complexity index is 756. The summed E-state index contributed by atoms with van der Waals surface area (Å²) in [5.41, 5.74) is 2.77. The first-order chi connectivity index (χ1) is 10.5. The van der Waals surface area contributed by atoms with Crippen LogP contribution < -0.4 is 4.90 Å². The third kappa shape index (κ3) is 3.49. The standard InChI is InChI=1S/C17H15N3O2/c1-19(2)16-8-5-13(6-9-16)3-4-14-7-10-17(20(21)22)15(11-14)12-18/h3-11H,1-2H3/b4-3+. The van der Waals surface area contributed by atoms with Crippen molar-refractivity contribution >= 4 is 23.5 Å². The lowest BCUT2D eigenvalue weighted by Gasteiger charge is -2.11. The number of hydrogen-bond acceptors (Lipinski definition) is 4. The molecule has 0 saturated heterocycles. The van der Waals surface area contributed by atoms with Crippen molar-refractivity contribution in [2.24, 2.45) is 0 Å². The zero-order chi connectivity index (χ0) is 16.1. The largest absolute Gasteiger partial charge is 0.378 e. The van der Waals surface area contributed by atoms with E-state index >= 15 is 0 Å². The van der Waals surface area contributed by atoms with Gasteiger partial charge in [0.1, 0.15) is 11.6 Å². The Hall–Kier alpha value is -3.13. The number of nitriles is 1. The van der Waals surface area contributed by atoms with Crippen LogP contribution in [0.2, 0.25) is 0 Å². The molecule has 0 spiro atoms. The molecule has 0 radical (unpaired) electrons. The topological polar surface area (TPSA) is 70.2 Å². The zero-order valence-corrected chi connectivity index (χ0v) is 12.4. The lowest BCUT2D eigenvalue weighted by atomic mass is 10.1. The van der Waals surface area contributed by atoms with Crippen LogP contribution in [0.15, 0.2) is 42.5 Å². The fourth-order valence-electron chi connectivity index (χ4n) is 1.98. The summed E-state index contributed by atoms with van der Waals surface area (Å²) in [5.74, 6) is 0. The summed E-state index contributed by atoms with van der Waals surface area (Å²) < 4.78 is 0. The second-order valence-electron chi connectivity index (χ2n) is 4.96. The van der Waals surface area contributed by atoms with Crippen LogP contribution in [0, 0.1) is 21.4 Å². The minimum absolute atomic E-state index is 0.0649. The highest BCUT2D eigenvalue weighted by Gasteiger charge is 2.12. The number of anilines is 1. The third-order valence-corrected chi connectivity index (χ3v) is 3.22. The van der Waals surface area contributed by atoms with Gasteiger partial charge in [0.2, 0.25) is 0 Å². The van der Waals surface area contributed by atoms with E-state index in [0.717, 1.165) is 16.8 Å².